The van der Waals surface area contributed by atoms with Crippen LogP contribution < -0.4 is 5.32 Å². The fourth-order valence-corrected chi connectivity index (χ4v) is 2.62. The number of carbonyl (C=O) groups is 1. The zero-order chi connectivity index (χ0) is 16.8. The maximum absolute atomic E-state index is 13.6. The molecule has 0 spiro atoms. The van der Waals surface area contributed by atoms with E-state index in [1.165, 1.54) is 17.2 Å². The first-order valence-corrected chi connectivity index (χ1v) is 8.11. The summed E-state index contributed by atoms with van der Waals surface area (Å²) in [6, 6.07) is 12.9. The van der Waals surface area contributed by atoms with E-state index in [-0.39, 0.29) is 17.8 Å². The Kier molecular flexibility index (Phi) is 5.91. The Morgan fingerprint density at radius 1 is 1.13 bits per heavy atom. The standard InChI is InChI=1S/C20H24FNO/c1-4-19(17-10-9-14(2)15(3)13-17)22-20(23)12-11-16-7-5-6-8-18(16)21/h5-10,13,19H,4,11-12H2,1-3H3,(H,22,23)/t19-/m0/s1. The first-order valence-electron chi connectivity index (χ1n) is 8.11. The molecular formula is C20H24FNO. The normalized spacial score (nSPS) is 12.0. The predicted molar refractivity (Wildman–Crippen MR) is 91.8 cm³/mol. The van der Waals surface area contributed by atoms with Gasteiger partial charge in [-0.25, -0.2) is 4.39 Å². The molecule has 1 N–H and O–H groups in total. The smallest absolute Gasteiger partial charge is 0.220 e. The van der Waals surface area contributed by atoms with Crippen LogP contribution in [0.4, 0.5) is 4.39 Å². The third-order valence-electron chi connectivity index (χ3n) is 4.26. The molecule has 23 heavy (non-hydrogen) atoms. The Bertz CT molecular complexity index is 681. The molecule has 0 aromatic heterocycles. The van der Waals surface area contributed by atoms with Crippen LogP contribution in [0.1, 0.15) is 48.1 Å². The predicted octanol–water partition coefficient (Wildman–Crippen LogP) is 4.64. The fraction of sp³-hybridized carbons (Fsp3) is 0.350. The SMILES string of the molecule is CC[C@H](NC(=O)CCc1ccccc1F)c1ccc(C)c(C)c1. The van der Waals surface area contributed by atoms with Crippen LogP contribution in [0, 0.1) is 19.7 Å². The van der Waals surface area contributed by atoms with Crippen molar-refractivity contribution in [2.45, 2.75) is 46.1 Å². The van der Waals surface area contributed by atoms with E-state index in [0.29, 0.717) is 18.4 Å². The van der Waals surface area contributed by atoms with Gasteiger partial charge in [-0.15, -0.1) is 0 Å². The summed E-state index contributed by atoms with van der Waals surface area (Å²) in [5, 5.41) is 3.06. The highest BCUT2D eigenvalue weighted by Gasteiger charge is 2.14. The largest absolute Gasteiger partial charge is 0.349 e. The topological polar surface area (TPSA) is 29.1 Å². The van der Waals surface area contributed by atoms with Crippen molar-refractivity contribution in [3.8, 4) is 0 Å². The van der Waals surface area contributed by atoms with Gasteiger partial charge < -0.3 is 5.32 Å². The molecule has 2 rings (SSSR count). The quantitative estimate of drug-likeness (QED) is 0.827. The van der Waals surface area contributed by atoms with Crippen molar-refractivity contribution < 1.29 is 9.18 Å². The third-order valence-corrected chi connectivity index (χ3v) is 4.26. The zero-order valence-electron chi connectivity index (χ0n) is 14.0. The van der Waals surface area contributed by atoms with Gasteiger partial charge in [0.2, 0.25) is 5.91 Å². The van der Waals surface area contributed by atoms with Gasteiger partial charge in [-0.2, -0.15) is 0 Å². The molecular weight excluding hydrogens is 289 g/mol. The maximum atomic E-state index is 13.6. The molecule has 0 heterocycles. The van der Waals surface area contributed by atoms with E-state index < -0.39 is 0 Å². The lowest BCUT2D eigenvalue weighted by molar-refractivity contribution is -0.121. The van der Waals surface area contributed by atoms with Crippen molar-refractivity contribution >= 4 is 5.91 Å². The van der Waals surface area contributed by atoms with Crippen molar-refractivity contribution in [3.05, 3.63) is 70.5 Å². The summed E-state index contributed by atoms with van der Waals surface area (Å²) in [6.45, 7) is 6.20. The summed E-state index contributed by atoms with van der Waals surface area (Å²) in [5.41, 5.74) is 4.17. The minimum atomic E-state index is -0.249. The van der Waals surface area contributed by atoms with Gasteiger partial charge in [-0.1, -0.05) is 43.3 Å². The van der Waals surface area contributed by atoms with Crippen LogP contribution in [-0.4, -0.2) is 5.91 Å². The molecule has 1 amide bonds. The van der Waals surface area contributed by atoms with E-state index in [4.69, 9.17) is 0 Å². The van der Waals surface area contributed by atoms with Crippen LogP contribution in [0.15, 0.2) is 42.5 Å². The molecule has 2 aromatic carbocycles. The Hall–Kier alpha value is -2.16. The summed E-state index contributed by atoms with van der Waals surface area (Å²) in [4.78, 5) is 12.2. The molecule has 0 radical (unpaired) electrons. The number of nitrogens with one attached hydrogen (secondary N) is 1. The average molecular weight is 313 g/mol. The molecule has 0 aliphatic rings. The molecule has 122 valence electrons. The minimum Gasteiger partial charge on any atom is -0.349 e. The number of hydrogen-bond acceptors (Lipinski definition) is 1. The third kappa shape index (κ3) is 4.65. The van der Waals surface area contributed by atoms with Crippen molar-refractivity contribution in [2.75, 3.05) is 0 Å². The second-order valence-corrected chi connectivity index (χ2v) is 5.96. The van der Waals surface area contributed by atoms with E-state index in [1.54, 1.807) is 18.2 Å². The lowest BCUT2D eigenvalue weighted by Crippen LogP contribution is -2.28. The van der Waals surface area contributed by atoms with E-state index in [9.17, 15) is 9.18 Å². The van der Waals surface area contributed by atoms with E-state index >= 15 is 0 Å². The number of hydrogen-bond donors (Lipinski definition) is 1. The van der Waals surface area contributed by atoms with Crippen LogP contribution in [-0.2, 0) is 11.2 Å². The summed E-state index contributed by atoms with van der Waals surface area (Å²) < 4.78 is 13.6. The van der Waals surface area contributed by atoms with Gasteiger partial charge in [-0.05, 0) is 55.0 Å². The second kappa shape index (κ2) is 7.91. The van der Waals surface area contributed by atoms with Gasteiger partial charge in [0.05, 0.1) is 6.04 Å². The average Bonchev–Trinajstić information content (AvgIpc) is 2.54. The Morgan fingerprint density at radius 3 is 2.52 bits per heavy atom. The molecule has 0 saturated carbocycles. The first kappa shape index (κ1) is 17.2. The highest BCUT2D eigenvalue weighted by molar-refractivity contribution is 5.76. The molecule has 0 fully saturated rings. The number of carbonyl (C=O) groups excluding carboxylic acids is 1. The monoisotopic (exact) mass is 313 g/mol. The number of halogens is 1. The molecule has 0 aliphatic heterocycles. The molecule has 2 nitrogen and oxygen atoms in total. The van der Waals surface area contributed by atoms with E-state index in [0.717, 1.165) is 12.0 Å². The zero-order valence-corrected chi connectivity index (χ0v) is 14.0. The molecule has 2 aromatic rings. The fourth-order valence-electron chi connectivity index (χ4n) is 2.62. The Morgan fingerprint density at radius 2 is 1.87 bits per heavy atom. The molecule has 0 bridgehead atoms. The highest BCUT2D eigenvalue weighted by atomic mass is 19.1. The number of aryl methyl sites for hydroxylation is 3. The number of amides is 1. The Labute approximate surface area is 137 Å². The summed E-state index contributed by atoms with van der Waals surface area (Å²) in [6.07, 6.45) is 1.54. The van der Waals surface area contributed by atoms with Crippen molar-refractivity contribution in [1.29, 1.82) is 0 Å². The molecule has 3 heteroatoms. The summed E-state index contributed by atoms with van der Waals surface area (Å²) in [5.74, 6) is -0.292. The van der Waals surface area contributed by atoms with Gasteiger partial charge in [0.15, 0.2) is 0 Å². The van der Waals surface area contributed by atoms with Crippen molar-refractivity contribution in [1.82, 2.24) is 5.32 Å². The Balaban J connectivity index is 1.97. The lowest BCUT2D eigenvalue weighted by Gasteiger charge is -2.18. The number of benzene rings is 2. The van der Waals surface area contributed by atoms with Crippen LogP contribution in [0.2, 0.25) is 0 Å². The van der Waals surface area contributed by atoms with Gasteiger partial charge >= 0.3 is 0 Å². The van der Waals surface area contributed by atoms with Gasteiger partial charge in [0.1, 0.15) is 5.82 Å². The highest BCUT2D eigenvalue weighted by Crippen LogP contribution is 2.20. The van der Waals surface area contributed by atoms with Crippen molar-refractivity contribution in [3.63, 3.8) is 0 Å². The van der Waals surface area contributed by atoms with Crippen molar-refractivity contribution in [2.24, 2.45) is 0 Å². The lowest BCUT2D eigenvalue weighted by atomic mass is 9.99. The van der Waals surface area contributed by atoms with Crippen LogP contribution in [0.5, 0.6) is 0 Å². The maximum Gasteiger partial charge on any atom is 0.220 e. The van der Waals surface area contributed by atoms with Crippen LogP contribution in [0.3, 0.4) is 0 Å². The molecule has 0 aliphatic carbocycles. The first-order chi connectivity index (χ1) is 11.0. The number of rotatable bonds is 6. The molecule has 0 unspecified atom stereocenters. The summed E-state index contributed by atoms with van der Waals surface area (Å²) in [7, 11) is 0. The van der Waals surface area contributed by atoms with Gasteiger partial charge in [0, 0.05) is 6.42 Å². The molecule has 1 atom stereocenters. The molecule has 0 saturated heterocycles. The van der Waals surface area contributed by atoms with E-state index in [2.05, 4.69) is 44.3 Å². The second-order valence-electron chi connectivity index (χ2n) is 5.96. The van der Waals surface area contributed by atoms with Crippen LogP contribution in [0.25, 0.3) is 0 Å². The van der Waals surface area contributed by atoms with Crippen LogP contribution >= 0.6 is 0 Å². The summed E-state index contributed by atoms with van der Waals surface area (Å²) >= 11 is 0. The minimum absolute atomic E-state index is 0.00224. The van der Waals surface area contributed by atoms with Gasteiger partial charge in [0.25, 0.3) is 0 Å². The van der Waals surface area contributed by atoms with E-state index in [1.807, 2.05) is 0 Å². The van der Waals surface area contributed by atoms with Gasteiger partial charge in [-0.3, -0.25) is 4.79 Å².